The molecule has 0 saturated heterocycles. The number of carbonyl (C=O) groups excluding carboxylic acids is 2. The van der Waals surface area contributed by atoms with Crippen LogP contribution in [-0.4, -0.2) is 45.6 Å². The average Bonchev–Trinajstić information content (AvgIpc) is 3.40. The number of H-pyrrole nitrogens is 1. The van der Waals surface area contributed by atoms with E-state index in [1.54, 1.807) is 0 Å². The van der Waals surface area contributed by atoms with Crippen LogP contribution in [0, 0.1) is 0 Å². The first-order valence-corrected chi connectivity index (χ1v) is 9.82. The number of para-hydroxylation sites is 2. The molecule has 0 bridgehead atoms. The summed E-state index contributed by atoms with van der Waals surface area (Å²) in [5.74, 6) is 0.576. The van der Waals surface area contributed by atoms with Crippen LogP contribution in [0.15, 0.2) is 59.7 Å². The number of hydrogen-bond acceptors (Lipinski definition) is 4. The summed E-state index contributed by atoms with van der Waals surface area (Å²) in [4.78, 5) is 32.1. The Kier molecular flexibility index (Phi) is 5.65. The van der Waals surface area contributed by atoms with Crippen molar-refractivity contribution in [3.63, 3.8) is 0 Å². The van der Waals surface area contributed by atoms with Crippen molar-refractivity contribution in [1.82, 2.24) is 20.3 Å². The molecule has 0 unspecified atom stereocenters. The number of aromatic amines is 1. The predicted octanol–water partition coefficient (Wildman–Crippen LogP) is 2.64. The van der Waals surface area contributed by atoms with E-state index in [0.29, 0.717) is 19.5 Å². The molecule has 7 nitrogen and oxygen atoms in total. The lowest BCUT2D eigenvalue weighted by atomic mass is 10.1. The van der Waals surface area contributed by atoms with Gasteiger partial charge in [-0.3, -0.25) is 9.59 Å². The Hall–Kier alpha value is -3.48. The van der Waals surface area contributed by atoms with Crippen molar-refractivity contribution in [1.29, 1.82) is 0 Å². The summed E-state index contributed by atoms with van der Waals surface area (Å²) in [6.45, 7) is 1.05. The molecule has 7 heteroatoms. The summed E-state index contributed by atoms with van der Waals surface area (Å²) < 4.78 is 0. The third-order valence-corrected chi connectivity index (χ3v) is 4.89. The molecule has 2 heterocycles. The highest BCUT2D eigenvalue weighted by Crippen LogP contribution is 2.15. The van der Waals surface area contributed by atoms with E-state index < -0.39 is 0 Å². The number of hydrazone groups is 1. The van der Waals surface area contributed by atoms with E-state index >= 15 is 0 Å². The normalized spacial score (nSPS) is 13.5. The highest BCUT2D eigenvalue weighted by molar-refractivity contribution is 6.02. The van der Waals surface area contributed by atoms with Crippen molar-refractivity contribution in [2.24, 2.45) is 5.10 Å². The number of rotatable bonds is 7. The van der Waals surface area contributed by atoms with E-state index in [9.17, 15) is 9.59 Å². The molecule has 1 aromatic heterocycles. The van der Waals surface area contributed by atoms with E-state index in [1.807, 2.05) is 54.6 Å². The lowest BCUT2D eigenvalue weighted by molar-refractivity contribution is -0.133. The van der Waals surface area contributed by atoms with Gasteiger partial charge in [0.25, 0.3) is 0 Å². The van der Waals surface area contributed by atoms with Crippen LogP contribution in [0.2, 0.25) is 0 Å². The molecule has 2 amide bonds. The van der Waals surface area contributed by atoms with Crippen molar-refractivity contribution >= 4 is 28.6 Å². The molecular formula is C22H23N5O2. The Morgan fingerprint density at radius 2 is 1.83 bits per heavy atom. The van der Waals surface area contributed by atoms with E-state index in [0.717, 1.165) is 34.6 Å². The summed E-state index contributed by atoms with van der Waals surface area (Å²) in [6.07, 6.45) is 1.67. The van der Waals surface area contributed by atoms with Gasteiger partial charge in [-0.05, 0) is 17.7 Å². The van der Waals surface area contributed by atoms with Gasteiger partial charge in [0.1, 0.15) is 5.82 Å². The maximum absolute atomic E-state index is 12.3. The van der Waals surface area contributed by atoms with Crippen LogP contribution in [0.4, 0.5) is 0 Å². The Morgan fingerprint density at radius 3 is 2.66 bits per heavy atom. The Balaban J connectivity index is 1.20. The lowest BCUT2D eigenvalue weighted by Crippen LogP contribution is -2.29. The molecule has 0 atom stereocenters. The second-order valence-corrected chi connectivity index (χ2v) is 6.98. The molecule has 0 spiro atoms. The standard InChI is InChI=1S/C22H23N5O2/c28-21(23-14-12-20-24-18-8-4-5-9-19(18)25-20)10-11-22(29)27-15-13-17(26-27)16-6-2-1-3-7-16/h1-9H,10-15H2,(H,23,28)(H,24,25). The Labute approximate surface area is 168 Å². The minimum Gasteiger partial charge on any atom is -0.356 e. The Morgan fingerprint density at radius 1 is 1.03 bits per heavy atom. The topological polar surface area (TPSA) is 90.4 Å². The molecular weight excluding hydrogens is 366 g/mol. The minimum absolute atomic E-state index is 0.122. The summed E-state index contributed by atoms with van der Waals surface area (Å²) in [5.41, 5.74) is 3.85. The summed E-state index contributed by atoms with van der Waals surface area (Å²) in [7, 11) is 0. The molecule has 0 aliphatic carbocycles. The zero-order valence-electron chi connectivity index (χ0n) is 16.1. The Bertz CT molecular complexity index is 1010. The van der Waals surface area contributed by atoms with Gasteiger partial charge in [0.05, 0.1) is 23.3 Å². The van der Waals surface area contributed by atoms with Crippen molar-refractivity contribution in [2.45, 2.75) is 25.7 Å². The van der Waals surface area contributed by atoms with E-state index in [1.165, 1.54) is 5.01 Å². The highest BCUT2D eigenvalue weighted by atomic mass is 16.2. The lowest BCUT2D eigenvalue weighted by Gasteiger charge is -2.11. The molecule has 2 aromatic carbocycles. The van der Waals surface area contributed by atoms with Crippen molar-refractivity contribution in [2.75, 3.05) is 13.1 Å². The van der Waals surface area contributed by atoms with Crippen LogP contribution < -0.4 is 5.32 Å². The van der Waals surface area contributed by atoms with E-state index in [-0.39, 0.29) is 24.7 Å². The number of aromatic nitrogens is 2. The van der Waals surface area contributed by atoms with Crippen molar-refractivity contribution < 1.29 is 9.59 Å². The second kappa shape index (κ2) is 8.68. The minimum atomic E-state index is -0.138. The van der Waals surface area contributed by atoms with Crippen LogP contribution >= 0.6 is 0 Å². The first kappa shape index (κ1) is 18.9. The maximum Gasteiger partial charge on any atom is 0.243 e. The maximum atomic E-state index is 12.3. The molecule has 4 rings (SSSR count). The van der Waals surface area contributed by atoms with Crippen LogP contribution in [0.5, 0.6) is 0 Å². The third-order valence-electron chi connectivity index (χ3n) is 4.89. The van der Waals surface area contributed by atoms with Gasteiger partial charge in [-0.15, -0.1) is 0 Å². The molecule has 29 heavy (non-hydrogen) atoms. The molecule has 148 valence electrons. The molecule has 1 aliphatic rings. The summed E-state index contributed by atoms with van der Waals surface area (Å²) in [6, 6.07) is 17.7. The van der Waals surface area contributed by atoms with Crippen LogP contribution in [0.1, 0.15) is 30.7 Å². The number of nitrogens with zero attached hydrogens (tertiary/aromatic N) is 3. The predicted molar refractivity (Wildman–Crippen MR) is 111 cm³/mol. The van der Waals surface area contributed by atoms with Gasteiger partial charge >= 0.3 is 0 Å². The molecule has 3 aromatic rings. The fraction of sp³-hybridized carbons (Fsp3) is 0.273. The summed E-state index contributed by atoms with van der Waals surface area (Å²) >= 11 is 0. The number of carbonyl (C=O) groups is 2. The zero-order chi connectivity index (χ0) is 20.1. The smallest absolute Gasteiger partial charge is 0.243 e. The first-order chi connectivity index (χ1) is 14.2. The van der Waals surface area contributed by atoms with E-state index in [4.69, 9.17) is 0 Å². The van der Waals surface area contributed by atoms with Crippen molar-refractivity contribution in [3.8, 4) is 0 Å². The van der Waals surface area contributed by atoms with Crippen molar-refractivity contribution in [3.05, 3.63) is 66.0 Å². The molecule has 0 saturated carbocycles. The van der Waals surface area contributed by atoms with Gasteiger partial charge < -0.3 is 10.3 Å². The molecule has 2 N–H and O–H groups in total. The average molecular weight is 389 g/mol. The van der Waals surface area contributed by atoms with Gasteiger partial charge in [0.15, 0.2) is 0 Å². The van der Waals surface area contributed by atoms with Crippen LogP contribution in [0.3, 0.4) is 0 Å². The van der Waals surface area contributed by atoms with Gasteiger partial charge in [-0.25, -0.2) is 9.99 Å². The monoisotopic (exact) mass is 389 g/mol. The molecule has 0 radical (unpaired) electrons. The number of hydrogen-bond donors (Lipinski definition) is 2. The zero-order valence-corrected chi connectivity index (χ0v) is 16.1. The largest absolute Gasteiger partial charge is 0.356 e. The third kappa shape index (κ3) is 4.68. The van der Waals surface area contributed by atoms with Crippen LogP contribution in [0.25, 0.3) is 11.0 Å². The SMILES string of the molecule is O=C(CCC(=O)N1CCC(c2ccccc2)=N1)NCCc1nc2ccccc2[nH]1. The number of nitrogens with one attached hydrogen (secondary N) is 2. The summed E-state index contributed by atoms with van der Waals surface area (Å²) in [5, 5.41) is 8.74. The highest BCUT2D eigenvalue weighted by Gasteiger charge is 2.21. The number of benzene rings is 2. The van der Waals surface area contributed by atoms with Gasteiger partial charge in [0.2, 0.25) is 11.8 Å². The number of fused-ring (bicyclic) bond motifs is 1. The molecule has 1 aliphatic heterocycles. The quantitative estimate of drug-likeness (QED) is 0.651. The second-order valence-electron chi connectivity index (χ2n) is 6.98. The fourth-order valence-corrected chi connectivity index (χ4v) is 3.35. The van der Waals surface area contributed by atoms with Gasteiger partial charge in [0, 0.05) is 32.2 Å². The molecule has 0 fully saturated rings. The number of amides is 2. The van der Waals surface area contributed by atoms with Gasteiger partial charge in [-0.1, -0.05) is 42.5 Å². The number of imidazole rings is 1. The van der Waals surface area contributed by atoms with E-state index in [2.05, 4.69) is 20.4 Å². The first-order valence-electron chi connectivity index (χ1n) is 9.82. The van der Waals surface area contributed by atoms with Gasteiger partial charge in [-0.2, -0.15) is 5.10 Å². The fourth-order valence-electron chi connectivity index (χ4n) is 3.35. The van der Waals surface area contributed by atoms with Crippen LogP contribution in [-0.2, 0) is 16.0 Å².